The number of nitrogens with one attached hydrogen (secondary N) is 1. The number of aryl methyl sites for hydroxylation is 1. The zero-order chi connectivity index (χ0) is 14.3. The van der Waals surface area contributed by atoms with Crippen LogP contribution < -0.4 is 5.32 Å². The molecule has 0 aliphatic heterocycles. The highest BCUT2D eigenvalue weighted by atomic mass is 79.9. The zero-order valence-electron chi connectivity index (χ0n) is 10.4. The van der Waals surface area contributed by atoms with E-state index in [0.29, 0.717) is 10.7 Å². The van der Waals surface area contributed by atoms with E-state index in [2.05, 4.69) is 21.2 Å². The molecule has 1 aliphatic rings. The zero-order valence-corrected chi connectivity index (χ0v) is 12.7. The molecule has 3 rings (SSSR count). The first-order valence-electron chi connectivity index (χ1n) is 6.24. The van der Waals surface area contributed by atoms with E-state index in [1.54, 1.807) is 0 Å². The largest absolute Gasteiger partial charge is 0.376 e. The molecule has 5 heteroatoms. The summed E-state index contributed by atoms with van der Waals surface area (Å²) in [5.41, 5.74) is 2.59. The Morgan fingerprint density at radius 3 is 2.75 bits per heavy atom. The number of fused-ring (bicyclic) bond motifs is 1. The fourth-order valence-electron chi connectivity index (χ4n) is 2.56. The van der Waals surface area contributed by atoms with Crippen molar-refractivity contribution in [2.24, 2.45) is 0 Å². The fraction of sp³-hybridized carbons (Fsp3) is 0.200. The van der Waals surface area contributed by atoms with Gasteiger partial charge in [0.05, 0.1) is 16.2 Å². The van der Waals surface area contributed by atoms with Gasteiger partial charge in [0.15, 0.2) is 0 Å². The Labute approximate surface area is 129 Å². The van der Waals surface area contributed by atoms with Crippen LogP contribution in [-0.4, -0.2) is 0 Å². The van der Waals surface area contributed by atoms with Crippen molar-refractivity contribution >= 4 is 33.2 Å². The van der Waals surface area contributed by atoms with Gasteiger partial charge in [0.2, 0.25) is 0 Å². The molecule has 0 radical (unpaired) electrons. The van der Waals surface area contributed by atoms with E-state index in [4.69, 9.17) is 11.6 Å². The maximum atomic E-state index is 13.8. The highest BCUT2D eigenvalue weighted by molar-refractivity contribution is 9.10. The van der Waals surface area contributed by atoms with Crippen LogP contribution in [-0.2, 0) is 6.42 Å². The third-order valence-electron chi connectivity index (χ3n) is 3.52. The van der Waals surface area contributed by atoms with Crippen LogP contribution >= 0.6 is 27.5 Å². The SMILES string of the molecule is Fc1cc(F)c(NC2CCc3cc(Cl)ccc32)cc1Br. The van der Waals surface area contributed by atoms with Gasteiger partial charge in [-0.2, -0.15) is 0 Å². The first-order chi connectivity index (χ1) is 9.54. The van der Waals surface area contributed by atoms with E-state index in [1.807, 2.05) is 18.2 Å². The van der Waals surface area contributed by atoms with Crippen LogP contribution in [0.25, 0.3) is 0 Å². The van der Waals surface area contributed by atoms with Crippen LogP contribution in [0.1, 0.15) is 23.6 Å². The smallest absolute Gasteiger partial charge is 0.149 e. The van der Waals surface area contributed by atoms with Gasteiger partial charge in [-0.15, -0.1) is 0 Å². The lowest BCUT2D eigenvalue weighted by Crippen LogP contribution is -2.08. The van der Waals surface area contributed by atoms with Gasteiger partial charge in [0, 0.05) is 11.1 Å². The maximum Gasteiger partial charge on any atom is 0.149 e. The molecule has 104 valence electrons. The normalized spacial score (nSPS) is 17.1. The summed E-state index contributed by atoms with van der Waals surface area (Å²) in [6, 6.07) is 8.06. The maximum absolute atomic E-state index is 13.8. The third kappa shape index (κ3) is 2.54. The Morgan fingerprint density at radius 1 is 1.15 bits per heavy atom. The van der Waals surface area contributed by atoms with E-state index in [9.17, 15) is 8.78 Å². The molecular weight excluding hydrogens is 348 g/mol. The number of hydrogen-bond acceptors (Lipinski definition) is 1. The molecule has 0 fully saturated rings. The molecule has 1 atom stereocenters. The van der Waals surface area contributed by atoms with Crippen molar-refractivity contribution in [3.63, 3.8) is 0 Å². The van der Waals surface area contributed by atoms with Crippen LogP contribution in [0.3, 0.4) is 0 Å². The molecule has 0 amide bonds. The number of anilines is 1. The summed E-state index contributed by atoms with van der Waals surface area (Å²) in [5.74, 6) is -1.19. The molecule has 0 spiro atoms. The van der Waals surface area contributed by atoms with Crippen LogP contribution in [0.15, 0.2) is 34.8 Å². The molecule has 1 aliphatic carbocycles. The minimum atomic E-state index is -0.605. The minimum Gasteiger partial charge on any atom is -0.376 e. The van der Waals surface area contributed by atoms with E-state index >= 15 is 0 Å². The van der Waals surface area contributed by atoms with Crippen LogP contribution in [0, 0.1) is 11.6 Å². The minimum absolute atomic E-state index is 0.0223. The van der Waals surface area contributed by atoms with Crippen LogP contribution in [0.4, 0.5) is 14.5 Å². The van der Waals surface area contributed by atoms with Gasteiger partial charge < -0.3 is 5.32 Å². The van der Waals surface area contributed by atoms with Crippen molar-refractivity contribution in [3.05, 3.63) is 62.6 Å². The Morgan fingerprint density at radius 2 is 1.95 bits per heavy atom. The molecule has 0 bridgehead atoms. The average Bonchev–Trinajstić information content (AvgIpc) is 2.78. The van der Waals surface area contributed by atoms with Crippen molar-refractivity contribution in [1.82, 2.24) is 0 Å². The van der Waals surface area contributed by atoms with Crippen molar-refractivity contribution in [3.8, 4) is 0 Å². The molecule has 0 heterocycles. The molecule has 0 aromatic heterocycles. The molecule has 1 nitrogen and oxygen atoms in total. The quantitative estimate of drug-likeness (QED) is 0.701. The van der Waals surface area contributed by atoms with Crippen molar-refractivity contribution < 1.29 is 8.78 Å². The van der Waals surface area contributed by atoms with Crippen LogP contribution in [0.5, 0.6) is 0 Å². The highest BCUT2D eigenvalue weighted by Gasteiger charge is 2.23. The Hall–Kier alpha value is -1.13. The van der Waals surface area contributed by atoms with Gasteiger partial charge in [-0.05, 0) is 58.1 Å². The van der Waals surface area contributed by atoms with Crippen molar-refractivity contribution in [2.45, 2.75) is 18.9 Å². The summed E-state index contributed by atoms with van der Waals surface area (Å²) in [5, 5.41) is 3.85. The van der Waals surface area contributed by atoms with E-state index in [-0.39, 0.29) is 10.5 Å². The van der Waals surface area contributed by atoms with Gasteiger partial charge in [0.25, 0.3) is 0 Å². The third-order valence-corrected chi connectivity index (χ3v) is 4.37. The van der Waals surface area contributed by atoms with E-state index < -0.39 is 11.6 Å². The standard InChI is InChI=1S/C15H11BrClF2N/c16-11-6-15(13(19)7-12(11)18)20-14-4-1-8-5-9(17)2-3-10(8)14/h2-3,5-7,14,20H,1,4H2. The lowest BCUT2D eigenvalue weighted by Gasteiger charge is -2.16. The van der Waals surface area contributed by atoms with E-state index in [1.165, 1.54) is 11.6 Å². The first-order valence-corrected chi connectivity index (χ1v) is 7.41. The summed E-state index contributed by atoms with van der Waals surface area (Å²) in [7, 11) is 0. The Bertz CT molecular complexity index is 675. The summed E-state index contributed by atoms with van der Waals surface area (Å²) in [4.78, 5) is 0. The van der Waals surface area contributed by atoms with E-state index in [0.717, 1.165) is 24.5 Å². The Kier molecular flexibility index (Phi) is 3.69. The second-order valence-corrected chi connectivity index (χ2v) is 6.12. The lowest BCUT2D eigenvalue weighted by atomic mass is 10.1. The molecular formula is C15H11BrClF2N. The van der Waals surface area contributed by atoms with Gasteiger partial charge in [-0.3, -0.25) is 0 Å². The Balaban J connectivity index is 1.89. The second kappa shape index (κ2) is 5.34. The first kappa shape index (κ1) is 13.8. The van der Waals surface area contributed by atoms with Crippen molar-refractivity contribution in [1.29, 1.82) is 0 Å². The molecule has 1 unspecified atom stereocenters. The highest BCUT2D eigenvalue weighted by Crippen LogP contribution is 2.36. The predicted molar refractivity (Wildman–Crippen MR) is 80.2 cm³/mol. The number of benzene rings is 2. The second-order valence-electron chi connectivity index (χ2n) is 4.82. The van der Waals surface area contributed by atoms with Gasteiger partial charge in [0.1, 0.15) is 11.6 Å². The molecule has 2 aromatic rings. The van der Waals surface area contributed by atoms with Gasteiger partial charge in [-0.25, -0.2) is 8.78 Å². The fourth-order valence-corrected chi connectivity index (χ4v) is 3.09. The monoisotopic (exact) mass is 357 g/mol. The average molecular weight is 359 g/mol. The summed E-state index contributed by atoms with van der Waals surface area (Å²) in [6.45, 7) is 0. The predicted octanol–water partition coefficient (Wildman–Crippen LogP) is 5.48. The number of halogens is 4. The van der Waals surface area contributed by atoms with Crippen molar-refractivity contribution in [2.75, 3.05) is 5.32 Å². The molecule has 20 heavy (non-hydrogen) atoms. The van der Waals surface area contributed by atoms with Gasteiger partial charge in [-0.1, -0.05) is 17.7 Å². The number of hydrogen-bond donors (Lipinski definition) is 1. The summed E-state index contributed by atoms with van der Waals surface area (Å²) < 4.78 is 27.3. The molecule has 0 saturated heterocycles. The lowest BCUT2D eigenvalue weighted by molar-refractivity contribution is 0.578. The summed E-state index contributed by atoms with van der Waals surface area (Å²) >= 11 is 9.04. The molecule has 1 N–H and O–H groups in total. The molecule has 2 aromatic carbocycles. The molecule has 0 saturated carbocycles. The van der Waals surface area contributed by atoms with Crippen LogP contribution in [0.2, 0.25) is 5.02 Å². The summed E-state index contributed by atoms with van der Waals surface area (Å²) in [6.07, 6.45) is 1.77. The topological polar surface area (TPSA) is 12.0 Å². The number of rotatable bonds is 2. The van der Waals surface area contributed by atoms with Gasteiger partial charge >= 0.3 is 0 Å².